The van der Waals surface area contributed by atoms with Crippen molar-refractivity contribution in [1.29, 1.82) is 0 Å². The molecule has 2 aliphatic rings. The summed E-state index contributed by atoms with van der Waals surface area (Å²) in [5.74, 6) is 0.378. The van der Waals surface area contributed by atoms with Gasteiger partial charge in [0.05, 0.1) is 6.04 Å². The molecule has 114 valence electrons. The van der Waals surface area contributed by atoms with Crippen LogP contribution < -0.4 is 5.73 Å². The minimum absolute atomic E-state index is 0.0375. The number of hydrogen-bond donors (Lipinski definition) is 1. The van der Waals surface area contributed by atoms with Crippen molar-refractivity contribution in [3.05, 3.63) is 34.9 Å². The number of amides is 1. The Bertz CT molecular complexity index is 529. The van der Waals surface area contributed by atoms with Crippen LogP contribution in [0, 0.1) is 5.92 Å². The van der Waals surface area contributed by atoms with Crippen LogP contribution in [0.4, 0.5) is 0 Å². The number of nitrogens with two attached hydrogens (primary N) is 1. The maximum Gasteiger partial charge on any atom is 0.226 e. The standard InChI is InChI=1S/C17H23ClN2O/c1-11(15-4-2-3-5-16(15)18)20(14-8-9-14)17(21)12-6-7-13(19)10-12/h2-5,11-14H,6-10,19H2,1H3/t11-,12+,13-/m1/s1. The van der Waals surface area contributed by atoms with E-state index >= 15 is 0 Å². The molecule has 2 N–H and O–H groups in total. The van der Waals surface area contributed by atoms with E-state index in [0.717, 1.165) is 42.7 Å². The van der Waals surface area contributed by atoms with E-state index in [1.165, 1.54) is 0 Å². The zero-order valence-electron chi connectivity index (χ0n) is 12.5. The van der Waals surface area contributed by atoms with E-state index < -0.39 is 0 Å². The van der Waals surface area contributed by atoms with Crippen LogP contribution >= 0.6 is 11.6 Å². The molecule has 3 rings (SSSR count). The van der Waals surface area contributed by atoms with Crippen LogP contribution in [0.3, 0.4) is 0 Å². The number of benzene rings is 1. The summed E-state index contributed by atoms with van der Waals surface area (Å²) < 4.78 is 0. The average Bonchev–Trinajstić information content (AvgIpc) is 3.20. The summed E-state index contributed by atoms with van der Waals surface area (Å²) in [5, 5.41) is 0.742. The monoisotopic (exact) mass is 306 g/mol. The van der Waals surface area contributed by atoms with Gasteiger partial charge in [0.25, 0.3) is 0 Å². The molecule has 3 atom stereocenters. The third kappa shape index (κ3) is 3.09. The molecule has 2 aliphatic carbocycles. The van der Waals surface area contributed by atoms with Crippen molar-refractivity contribution in [2.75, 3.05) is 0 Å². The molecule has 0 saturated heterocycles. The van der Waals surface area contributed by atoms with E-state index in [0.29, 0.717) is 6.04 Å². The lowest BCUT2D eigenvalue weighted by Crippen LogP contribution is -2.39. The number of halogens is 1. The minimum atomic E-state index is 0.0375. The molecule has 0 aromatic heterocycles. The van der Waals surface area contributed by atoms with Gasteiger partial charge in [-0.2, -0.15) is 0 Å². The molecule has 1 aromatic carbocycles. The second kappa shape index (κ2) is 5.98. The molecule has 0 bridgehead atoms. The fraction of sp³-hybridized carbons (Fsp3) is 0.588. The Morgan fingerprint density at radius 1 is 1.29 bits per heavy atom. The van der Waals surface area contributed by atoms with Crippen molar-refractivity contribution in [2.45, 2.75) is 57.2 Å². The molecular formula is C17H23ClN2O. The second-order valence-electron chi connectivity index (χ2n) is 6.44. The maximum atomic E-state index is 12.9. The molecule has 4 heteroatoms. The topological polar surface area (TPSA) is 46.3 Å². The van der Waals surface area contributed by atoms with Gasteiger partial charge in [-0.25, -0.2) is 0 Å². The predicted octanol–water partition coefficient (Wildman–Crippen LogP) is 3.52. The quantitative estimate of drug-likeness (QED) is 0.925. The van der Waals surface area contributed by atoms with E-state index in [2.05, 4.69) is 11.8 Å². The molecule has 0 aliphatic heterocycles. The summed E-state index contributed by atoms with van der Waals surface area (Å²) in [4.78, 5) is 15.0. The summed E-state index contributed by atoms with van der Waals surface area (Å²) in [6, 6.07) is 8.45. The van der Waals surface area contributed by atoms with Gasteiger partial charge in [-0.15, -0.1) is 0 Å². The van der Waals surface area contributed by atoms with Crippen LogP contribution in [0.5, 0.6) is 0 Å². The van der Waals surface area contributed by atoms with Crippen LogP contribution in [0.1, 0.15) is 50.6 Å². The van der Waals surface area contributed by atoms with Gasteiger partial charge in [-0.05, 0) is 50.7 Å². The fourth-order valence-corrected chi connectivity index (χ4v) is 3.75. The Balaban J connectivity index is 1.81. The lowest BCUT2D eigenvalue weighted by atomic mass is 10.0. The van der Waals surface area contributed by atoms with E-state index in [1.807, 2.05) is 24.3 Å². The zero-order chi connectivity index (χ0) is 15.0. The number of carbonyl (C=O) groups excluding carboxylic acids is 1. The molecule has 0 heterocycles. The first-order valence-corrected chi connectivity index (χ1v) is 8.28. The molecular weight excluding hydrogens is 284 g/mol. The Morgan fingerprint density at radius 2 is 2.00 bits per heavy atom. The first-order valence-electron chi connectivity index (χ1n) is 7.90. The highest BCUT2D eigenvalue weighted by molar-refractivity contribution is 6.31. The highest BCUT2D eigenvalue weighted by Gasteiger charge is 2.41. The second-order valence-corrected chi connectivity index (χ2v) is 6.85. The highest BCUT2D eigenvalue weighted by atomic mass is 35.5. The van der Waals surface area contributed by atoms with E-state index in [1.54, 1.807) is 0 Å². The van der Waals surface area contributed by atoms with Gasteiger partial charge in [0.15, 0.2) is 0 Å². The van der Waals surface area contributed by atoms with Crippen molar-refractivity contribution < 1.29 is 4.79 Å². The molecule has 0 spiro atoms. The van der Waals surface area contributed by atoms with Crippen LogP contribution in [0.25, 0.3) is 0 Å². The molecule has 2 fully saturated rings. The average molecular weight is 307 g/mol. The third-order valence-corrected chi connectivity index (χ3v) is 5.13. The van der Waals surface area contributed by atoms with Crippen molar-refractivity contribution >= 4 is 17.5 Å². The minimum Gasteiger partial charge on any atom is -0.333 e. The SMILES string of the molecule is C[C@H](c1ccccc1Cl)N(C(=O)[C@H]1CC[C@@H](N)C1)C1CC1. The van der Waals surface area contributed by atoms with E-state index in [4.69, 9.17) is 17.3 Å². The van der Waals surface area contributed by atoms with Gasteiger partial charge in [-0.1, -0.05) is 29.8 Å². The van der Waals surface area contributed by atoms with Crippen molar-refractivity contribution in [3.63, 3.8) is 0 Å². The molecule has 21 heavy (non-hydrogen) atoms. The smallest absolute Gasteiger partial charge is 0.226 e. The van der Waals surface area contributed by atoms with Gasteiger partial charge in [0.1, 0.15) is 0 Å². The molecule has 0 unspecified atom stereocenters. The maximum absolute atomic E-state index is 12.9. The lowest BCUT2D eigenvalue weighted by molar-refractivity contribution is -0.138. The lowest BCUT2D eigenvalue weighted by Gasteiger charge is -2.32. The fourth-order valence-electron chi connectivity index (χ4n) is 3.46. The van der Waals surface area contributed by atoms with Crippen molar-refractivity contribution in [3.8, 4) is 0 Å². The summed E-state index contributed by atoms with van der Waals surface area (Å²) in [6.45, 7) is 2.09. The van der Waals surface area contributed by atoms with Crippen molar-refractivity contribution in [1.82, 2.24) is 4.90 Å². The Labute approximate surface area is 131 Å². The van der Waals surface area contributed by atoms with Gasteiger partial charge in [0, 0.05) is 23.0 Å². The number of carbonyl (C=O) groups is 1. The number of rotatable bonds is 4. The van der Waals surface area contributed by atoms with Gasteiger partial charge in [0.2, 0.25) is 5.91 Å². The van der Waals surface area contributed by atoms with Crippen LogP contribution in [0.15, 0.2) is 24.3 Å². The largest absolute Gasteiger partial charge is 0.333 e. The zero-order valence-corrected chi connectivity index (χ0v) is 13.2. The summed E-state index contributed by atoms with van der Waals surface area (Å²) in [5.41, 5.74) is 7.02. The Kier molecular flexibility index (Phi) is 4.23. The molecule has 1 aromatic rings. The van der Waals surface area contributed by atoms with Crippen LogP contribution in [-0.2, 0) is 4.79 Å². The molecule has 1 amide bonds. The molecule has 0 radical (unpaired) electrons. The Hall–Kier alpha value is -1.06. The highest BCUT2D eigenvalue weighted by Crippen LogP contribution is 2.39. The predicted molar refractivity (Wildman–Crippen MR) is 85.1 cm³/mol. The normalized spacial score (nSPS) is 26.6. The molecule has 3 nitrogen and oxygen atoms in total. The summed E-state index contributed by atoms with van der Waals surface area (Å²) >= 11 is 6.32. The third-order valence-electron chi connectivity index (χ3n) is 4.79. The summed E-state index contributed by atoms with van der Waals surface area (Å²) in [7, 11) is 0. The van der Waals surface area contributed by atoms with E-state index in [-0.39, 0.29) is 23.9 Å². The van der Waals surface area contributed by atoms with Gasteiger partial charge in [-0.3, -0.25) is 4.79 Å². The number of nitrogens with zero attached hydrogens (tertiary/aromatic N) is 1. The van der Waals surface area contributed by atoms with Crippen LogP contribution in [0.2, 0.25) is 5.02 Å². The van der Waals surface area contributed by atoms with E-state index in [9.17, 15) is 4.79 Å². The number of hydrogen-bond acceptors (Lipinski definition) is 2. The first kappa shape index (κ1) is 14.9. The first-order chi connectivity index (χ1) is 10.1. The Morgan fingerprint density at radius 3 is 2.57 bits per heavy atom. The van der Waals surface area contributed by atoms with Crippen LogP contribution in [-0.4, -0.2) is 22.9 Å². The molecule has 2 saturated carbocycles. The van der Waals surface area contributed by atoms with Crippen molar-refractivity contribution in [2.24, 2.45) is 11.7 Å². The van der Waals surface area contributed by atoms with Gasteiger partial charge < -0.3 is 10.6 Å². The van der Waals surface area contributed by atoms with Gasteiger partial charge >= 0.3 is 0 Å². The summed E-state index contributed by atoms with van der Waals surface area (Å²) in [6.07, 6.45) is 4.95.